The molecule has 1 aromatic rings. The van der Waals surface area contributed by atoms with Crippen LogP contribution in [0, 0.1) is 17.6 Å². The van der Waals surface area contributed by atoms with Crippen LogP contribution in [0.3, 0.4) is 0 Å². The van der Waals surface area contributed by atoms with Gasteiger partial charge in [0.2, 0.25) is 0 Å². The maximum atomic E-state index is 13.7. The first-order valence-electron chi connectivity index (χ1n) is 5.90. The molecule has 0 unspecified atom stereocenters. The monoisotopic (exact) mass is 272 g/mol. The Labute approximate surface area is 108 Å². The van der Waals surface area contributed by atoms with E-state index in [0.717, 1.165) is 6.07 Å². The van der Waals surface area contributed by atoms with E-state index in [1.807, 2.05) is 0 Å². The number of pyridine rings is 1. The van der Waals surface area contributed by atoms with Gasteiger partial charge in [0.25, 0.3) is 5.88 Å². The molecule has 0 aromatic carbocycles. The molecule has 0 bridgehead atoms. The number of carbonyl (C=O) groups is 1. The van der Waals surface area contributed by atoms with E-state index in [1.54, 1.807) is 4.90 Å². The molecule has 104 valence electrons. The van der Waals surface area contributed by atoms with Gasteiger partial charge in [-0.05, 0) is 12.8 Å². The standard InChI is InChI=1S/C12H14F2N2O3/c1-19-11-9(14)6-8(13)10(15-11)16-4-2-7(3-5-16)12(17)18/h6-7H,2-5H2,1H3,(H,17,18). The molecule has 0 aliphatic carbocycles. The Morgan fingerprint density at radius 1 is 1.42 bits per heavy atom. The third kappa shape index (κ3) is 2.74. The number of nitrogens with zero attached hydrogens (tertiary/aromatic N) is 2. The molecule has 0 amide bonds. The number of rotatable bonds is 3. The summed E-state index contributed by atoms with van der Waals surface area (Å²) < 4.78 is 31.7. The predicted octanol–water partition coefficient (Wildman–Crippen LogP) is 1.67. The summed E-state index contributed by atoms with van der Waals surface area (Å²) in [4.78, 5) is 16.2. The van der Waals surface area contributed by atoms with Crippen LogP contribution < -0.4 is 9.64 Å². The molecule has 2 rings (SSSR count). The molecule has 1 fully saturated rings. The molecule has 0 spiro atoms. The molecule has 7 heteroatoms. The Bertz CT molecular complexity index is 488. The van der Waals surface area contributed by atoms with Gasteiger partial charge in [0.1, 0.15) is 0 Å². The fourth-order valence-corrected chi connectivity index (χ4v) is 2.14. The van der Waals surface area contributed by atoms with E-state index >= 15 is 0 Å². The summed E-state index contributed by atoms with van der Waals surface area (Å²) >= 11 is 0. The Morgan fingerprint density at radius 2 is 2.05 bits per heavy atom. The van der Waals surface area contributed by atoms with Crippen LogP contribution in [-0.4, -0.2) is 36.3 Å². The molecular weight excluding hydrogens is 258 g/mol. The van der Waals surface area contributed by atoms with Crippen molar-refractivity contribution in [2.45, 2.75) is 12.8 Å². The number of carboxylic acids is 1. The molecule has 1 aliphatic rings. The second-order valence-electron chi connectivity index (χ2n) is 4.38. The van der Waals surface area contributed by atoms with Gasteiger partial charge in [0.05, 0.1) is 13.0 Å². The van der Waals surface area contributed by atoms with Gasteiger partial charge in [-0.25, -0.2) is 8.78 Å². The van der Waals surface area contributed by atoms with E-state index in [0.29, 0.717) is 25.9 Å². The van der Waals surface area contributed by atoms with Gasteiger partial charge in [-0.15, -0.1) is 0 Å². The summed E-state index contributed by atoms with van der Waals surface area (Å²) in [6.45, 7) is 0.741. The molecule has 5 nitrogen and oxygen atoms in total. The zero-order valence-electron chi connectivity index (χ0n) is 10.4. The van der Waals surface area contributed by atoms with Crippen LogP contribution in [0.2, 0.25) is 0 Å². The zero-order valence-corrected chi connectivity index (χ0v) is 10.4. The van der Waals surface area contributed by atoms with Gasteiger partial charge < -0.3 is 14.7 Å². The second-order valence-corrected chi connectivity index (χ2v) is 4.38. The van der Waals surface area contributed by atoms with Gasteiger partial charge >= 0.3 is 5.97 Å². The molecule has 0 saturated carbocycles. The van der Waals surface area contributed by atoms with Crippen LogP contribution in [0.5, 0.6) is 5.88 Å². The quantitative estimate of drug-likeness (QED) is 0.906. The number of methoxy groups -OCH3 is 1. The highest BCUT2D eigenvalue weighted by molar-refractivity contribution is 5.70. The first kappa shape index (κ1) is 13.5. The van der Waals surface area contributed by atoms with Crippen molar-refractivity contribution < 1.29 is 23.4 Å². The predicted molar refractivity (Wildman–Crippen MR) is 63.3 cm³/mol. The summed E-state index contributed by atoms with van der Waals surface area (Å²) in [5, 5.41) is 8.89. The van der Waals surface area contributed by atoms with E-state index < -0.39 is 23.5 Å². The van der Waals surface area contributed by atoms with E-state index in [2.05, 4.69) is 4.98 Å². The highest BCUT2D eigenvalue weighted by Crippen LogP contribution is 2.27. The largest absolute Gasteiger partial charge is 0.481 e. The lowest BCUT2D eigenvalue weighted by molar-refractivity contribution is -0.142. The summed E-state index contributed by atoms with van der Waals surface area (Å²) in [5.74, 6) is -3.15. The maximum absolute atomic E-state index is 13.7. The van der Waals surface area contributed by atoms with Crippen LogP contribution >= 0.6 is 0 Å². The third-order valence-corrected chi connectivity index (χ3v) is 3.22. The minimum absolute atomic E-state index is 0.00193. The van der Waals surface area contributed by atoms with Gasteiger partial charge in [-0.3, -0.25) is 4.79 Å². The average Bonchev–Trinajstić information content (AvgIpc) is 2.39. The lowest BCUT2D eigenvalue weighted by atomic mass is 9.97. The SMILES string of the molecule is COc1nc(N2CCC(C(=O)O)CC2)c(F)cc1F. The normalized spacial score (nSPS) is 16.5. The van der Waals surface area contributed by atoms with Gasteiger partial charge in [0.15, 0.2) is 17.5 Å². The van der Waals surface area contributed by atoms with Crippen LogP contribution in [0.4, 0.5) is 14.6 Å². The molecule has 1 aliphatic heterocycles. The van der Waals surface area contributed by atoms with Crippen LogP contribution in [0.1, 0.15) is 12.8 Å². The van der Waals surface area contributed by atoms with Crippen LogP contribution in [0.25, 0.3) is 0 Å². The maximum Gasteiger partial charge on any atom is 0.306 e. The zero-order chi connectivity index (χ0) is 14.0. The van der Waals surface area contributed by atoms with Crippen molar-refractivity contribution in [1.82, 2.24) is 4.98 Å². The number of aromatic nitrogens is 1. The van der Waals surface area contributed by atoms with Crippen LogP contribution in [0.15, 0.2) is 6.07 Å². The third-order valence-electron chi connectivity index (χ3n) is 3.22. The first-order chi connectivity index (χ1) is 9.02. The number of ether oxygens (including phenoxy) is 1. The number of aliphatic carboxylic acids is 1. The molecule has 1 N–H and O–H groups in total. The van der Waals surface area contributed by atoms with E-state index in [1.165, 1.54) is 7.11 Å². The highest BCUT2D eigenvalue weighted by atomic mass is 19.1. The average molecular weight is 272 g/mol. The summed E-state index contributed by atoms with van der Waals surface area (Å²) in [5.41, 5.74) is 0. The smallest absolute Gasteiger partial charge is 0.306 e. The summed E-state index contributed by atoms with van der Waals surface area (Å²) in [6, 6.07) is 0.727. The van der Waals surface area contributed by atoms with Crippen molar-refractivity contribution in [1.29, 1.82) is 0 Å². The van der Waals surface area contributed by atoms with Crippen molar-refractivity contribution in [3.05, 3.63) is 17.7 Å². The van der Waals surface area contributed by atoms with E-state index in [4.69, 9.17) is 9.84 Å². The van der Waals surface area contributed by atoms with Crippen molar-refractivity contribution in [2.75, 3.05) is 25.1 Å². The lowest BCUT2D eigenvalue weighted by Crippen LogP contribution is -2.37. The van der Waals surface area contributed by atoms with Crippen LogP contribution in [-0.2, 0) is 4.79 Å². The number of halogens is 2. The number of hydrogen-bond acceptors (Lipinski definition) is 4. The number of hydrogen-bond donors (Lipinski definition) is 1. The van der Waals surface area contributed by atoms with Crippen molar-refractivity contribution in [3.63, 3.8) is 0 Å². The van der Waals surface area contributed by atoms with Gasteiger partial charge in [-0.1, -0.05) is 0 Å². The first-order valence-corrected chi connectivity index (χ1v) is 5.90. The Hall–Kier alpha value is -1.92. The molecular formula is C12H14F2N2O3. The van der Waals surface area contributed by atoms with Crippen molar-refractivity contribution in [2.24, 2.45) is 5.92 Å². The van der Waals surface area contributed by atoms with Crippen molar-refractivity contribution in [3.8, 4) is 5.88 Å². The van der Waals surface area contributed by atoms with Crippen molar-refractivity contribution >= 4 is 11.8 Å². The Balaban J connectivity index is 2.17. The molecule has 2 heterocycles. The molecule has 1 saturated heterocycles. The van der Waals surface area contributed by atoms with E-state index in [-0.39, 0.29) is 11.7 Å². The Kier molecular flexibility index (Phi) is 3.82. The van der Waals surface area contributed by atoms with Gasteiger partial charge in [0, 0.05) is 19.2 Å². The number of piperidine rings is 1. The molecule has 1 aromatic heterocycles. The lowest BCUT2D eigenvalue weighted by Gasteiger charge is -2.31. The van der Waals surface area contributed by atoms with E-state index in [9.17, 15) is 13.6 Å². The second kappa shape index (κ2) is 5.38. The highest BCUT2D eigenvalue weighted by Gasteiger charge is 2.27. The fraction of sp³-hybridized carbons (Fsp3) is 0.500. The molecule has 0 radical (unpaired) electrons. The topological polar surface area (TPSA) is 62.7 Å². The number of anilines is 1. The fourth-order valence-electron chi connectivity index (χ4n) is 2.14. The number of carboxylic acid groups (broad SMARTS) is 1. The summed E-state index contributed by atoms with van der Waals surface area (Å²) in [6.07, 6.45) is 0.826. The molecule has 19 heavy (non-hydrogen) atoms. The Morgan fingerprint density at radius 3 is 2.58 bits per heavy atom. The summed E-state index contributed by atoms with van der Waals surface area (Å²) in [7, 11) is 1.25. The minimum Gasteiger partial charge on any atom is -0.481 e. The minimum atomic E-state index is -0.857. The molecule has 0 atom stereocenters. The van der Waals surface area contributed by atoms with Gasteiger partial charge in [-0.2, -0.15) is 4.98 Å².